The van der Waals surface area contributed by atoms with Gasteiger partial charge in [-0.15, -0.1) is 13.2 Å². The van der Waals surface area contributed by atoms with Crippen LogP contribution in [0.2, 0.25) is 5.02 Å². The van der Waals surface area contributed by atoms with E-state index in [4.69, 9.17) is 11.6 Å². The number of fused-ring (bicyclic) bond motifs is 4. The Morgan fingerprint density at radius 3 is 2.25 bits per heavy atom. The third-order valence-electron chi connectivity index (χ3n) is 11.3. The van der Waals surface area contributed by atoms with Crippen LogP contribution in [0.15, 0.2) is 109 Å². The predicted molar refractivity (Wildman–Crippen MR) is 189 cm³/mol. The van der Waals surface area contributed by atoms with Gasteiger partial charge in [-0.3, -0.25) is 24.1 Å². The van der Waals surface area contributed by atoms with Gasteiger partial charge in [-0.2, -0.15) is 0 Å². The molecule has 1 N–H and O–H groups in total. The van der Waals surface area contributed by atoms with Crippen LogP contribution in [0.25, 0.3) is 0 Å². The van der Waals surface area contributed by atoms with Crippen LogP contribution in [0.5, 0.6) is 11.5 Å². The number of carbonyl (C=O) groups is 4. The number of phenolic OH excluding ortho intramolecular Hbond substituents is 1. The summed E-state index contributed by atoms with van der Waals surface area (Å²) in [5.74, 6) is -8.14. The summed E-state index contributed by atoms with van der Waals surface area (Å²) in [6.45, 7) is 1.99. The number of hydrogen-bond donors (Lipinski definition) is 1. The third-order valence-corrected chi connectivity index (χ3v) is 11.5. The number of rotatable bonds is 6. The monoisotopic (exact) mass is 740 g/mol. The molecule has 12 heteroatoms. The minimum absolute atomic E-state index is 0.0266. The Bertz CT molecular complexity index is 2210. The number of carbonyl (C=O) groups excluding carboxylic acids is 4. The Balaban J connectivity index is 1.36. The summed E-state index contributed by atoms with van der Waals surface area (Å²) in [5.41, 5.74) is 0.605. The van der Waals surface area contributed by atoms with Crippen LogP contribution in [0, 0.1) is 23.7 Å². The SMILES string of the molecule is CCc1ccc(N2C(=O)C3CC=C4C(CC5C(=O)N(c6cccc(Cl)c6)C(=O)C5(c5ccccc5)C4c4cc(OC(F)(F)F)ccc4O)C3C2=O)cc1. The molecule has 0 spiro atoms. The molecule has 6 unspecified atom stereocenters. The lowest BCUT2D eigenvalue weighted by molar-refractivity contribution is -0.274. The quantitative estimate of drug-likeness (QED) is 0.159. The van der Waals surface area contributed by atoms with Crippen LogP contribution in [0.3, 0.4) is 0 Å². The molecule has 270 valence electrons. The molecule has 1 saturated carbocycles. The molecule has 0 aromatic heterocycles. The number of halogens is 4. The first kappa shape index (κ1) is 34.7. The van der Waals surface area contributed by atoms with Crippen molar-refractivity contribution in [3.8, 4) is 11.5 Å². The highest BCUT2D eigenvalue weighted by Gasteiger charge is 2.70. The van der Waals surface area contributed by atoms with Gasteiger partial charge in [0.15, 0.2) is 0 Å². The highest BCUT2D eigenvalue weighted by molar-refractivity contribution is 6.32. The Hall–Kier alpha value is -5.42. The van der Waals surface area contributed by atoms with Crippen LogP contribution in [-0.2, 0) is 31.0 Å². The number of hydrogen-bond acceptors (Lipinski definition) is 6. The Kier molecular flexibility index (Phi) is 8.25. The molecule has 4 aromatic rings. The number of aryl methyl sites for hydroxylation is 1. The minimum atomic E-state index is -5.07. The number of imide groups is 2. The summed E-state index contributed by atoms with van der Waals surface area (Å²) in [7, 11) is 0. The summed E-state index contributed by atoms with van der Waals surface area (Å²) in [4.78, 5) is 60.9. The van der Waals surface area contributed by atoms with Gasteiger partial charge in [0.1, 0.15) is 11.5 Å². The lowest BCUT2D eigenvalue weighted by atomic mass is 9.49. The molecule has 3 fully saturated rings. The van der Waals surface area contributed by atoms with Gasteiger partial charge in [0.05, 0.1) is 34.5 Å². The van der Waals surface area contributed by atoms with E-state index in [2.05, 4.69) is 4.74 Å². The van der Waals surface area contributed by atoms with E-state index in [1.807, 2.05) is 19.1 Å². The minimum Gasteiger partial charge on any atom is -0.508 e. The number of ether oxygens (including phenoxy) is 1. The number of nitrogens with zero attached hydrogens (tertiary/aromatic N) is 2. The van der Waals surface area contributed by atoms with Crippen molar-refractivity contribution in [3.63, 3.8) is 0 Å². The third kappa shape index (κ3) is 5.35. The molecule has 4 aromatic carbocycles. The number of alkyl halides is 3. The summed E-state index contributed by atoms with van der Waals surface area (Å²) >= 11 is 6.34. The first-order valence-corrected chi connectivity index (χ1v) is 17.7. The molecule has 4 amide bonds. The lowest BCUT2D eigenvalue weighted by Gasteiger charge is -2.50. The molecule has 8 rings (SSSR count). The topological polar surface area (TPSA) is 104 Å². The predicted octanol–water partition coefficient (Wildman–Crippen LogP) is 7.87. The summed E-state index contributed by atoms with van der Waals surface area (Å²) in [6, 6.07) is 24.9. The fourth-order valence-electron chi connectivity index (χ4n) is 9.18. The summed E-state index contributed by atoms with van der Waals surface area (Å²) in [5, 5.41) is 11.8. The standard InChI is InChI=1S/C41H32ClF3N2O6/c1-2-22-11-13-25(14-12-22)46-36(49)29-17-16-28-30(34(29)38(46)51)21-32-37(50)47(26-10-6-9-24(42)19-26)39(52)40(32,23-7-4-3-5-8-23)35(28)31-20-27(15-18-33(31)48)53-41(43,44)45/h3-16,18-20,29-30,32,34-35,48H,2,17,21H2,1H3. The van der Waals surface area contributed by atoms with E-state index in [0.29, 0.717) is 16.8 Å². The first-order chi connectivity index (χ1) is 25.3. The van der Waals surface area contributed by atoms with Gasteiger partial charge < -0.3 is 9.84 Å². The van der Waals surface area contributed by atoms with Gasteiger partial charge in [-0.1, -0.05) is 78.7 Å². The number of benzene rings is 4. The molecule has 6 atom stereocenters. The van der Waals surface area contributed by atoms with Crippen LogP contribution in [0.1, 0.15) is 42.4 Å². The van der Waals surface area contributed by atoms with Gasteiger partial charge in [-0.25, -0.2) is 4.90 Å². The highest BCUT2D eigenvalue weighted by atomic mass is 35.5. The van der Waals surface area contributed by atoms with Gasteiger partial charge in [0, 0.05) is 16.5 Å². The zero-order chi connectivity index (χ0) is 37.4. The van der Waals surface area contributed by atoms with Crippen molar-refractivity contribution in [2.24, 2.45) is 23.7 Å². The molecule has 4 aliphatic rings. The second-order valence-corrected chi connectivity index (χ2v) is 14.3. The van der Waals surface area contributed by atoms with E-state index in [1.54, 1.807) is 66.7 Å². The van der Waals surface area contributed by atoms with Gasteiger partial charge >= 0.3 is 6.36 Å². The Morgan fingerprint density at radius 1 is 0.830 bits per heavy atom. The number of allylic oxidation sites excluding steroid dienone is 2. The van der Waals surface area contributed by atoms with Crippen molar-refractivity contribution in [1.29, 1.82) is 0 Å². The average Bonchev–Trinajstić information content (AvgIpc) is 3.53. The van der Waals surface area contributed by atoms with E-state index in [9.17, 15) is 32.7 Å². The number of amides is 4. The Labute approximate surface area is 307 Å². The molecule has 0 radical (unpaired) electrons. The second-order valence-electron chi connectivity index (χ2n) is 13.9. The van der Waals surface area contributed by atoms with Crippen LogP contribution < -0.4 is 14.5 Å². The zero-order valence-electron chi connectivity index (χ0n) is 28.2. The molecule has 2 saturated heterocycles. The molecule has 2 aliphatic heterocycles. The van der Waals surface area contributed by atoms with Gasteiger partial charge in [0.25, 0.3) is 0 Å². The van der Waals surface area contributed by atoms with Crippen molar-refractivity contribution in [2.45, 2.75) is 43.9 Å². The fraction of sp³-hybridized carbons (Fsp3) is 0.268. The normalized spacial score (nSPS) is 26.7. The Morgan fingerprint density at radius 2 is 1.57 bits per heavy atom. The summed E-state index contributed by atoms with van der Waals surface area (Å²) < 4.78 is 45.0. The van der Waals surface area contributed by atoms with E-state index in [1.165, 1.54) is 11.0 Å². The van der Waals surface area contributed by atoms with Crippen molar-refractivity contribution in [2.75, 3.05) is 9.80 Å². The molecular weight excluding hydrogens is 709 g/mol. The van der Waals surface area contributed by atoms with E-state index in [-0.39, 0.29) is 29.1 Å². The highest BCUT2D eigenvalue weighted by Crippen LogP contribution is 2.65. The fourth-order valence-corrected chi connectivity index (χ4v) is 9.37. The number of aromatic hydroxyl groups is 1. The van der Waals surface area contributed by atoms with E-state index >= 15 is 4.79 Å². The average molecular weight is 741 g/mol. The number of phenols is 1. The van der Waals surface area contributed by atoms with E-state index in [0.717, 1.165) is 35.1 Å². The lowest BCUT2D eigenvalue weighted by Crippen LogP contribution is -2.53. The number of anilines is 2. The summed E-state index contributed by atoms with van der Waals surface area (Å²) in [6.07, 6.45) is -2.48. The van der Waals surface area contributed by atoms with Crippen molar-refractivity contribution < 1.29 is 42.2 Å². The maximum atomic E-state index is 15.3. The van der Waals surface area contributed by atoms with Crippen LogP contribution in [-0.4, -0.2) is 35.1 Å². The largest absolute Gasteiger partial charge is 0.573 e. The van der Waals surface area contributed by atoms with E-state index < -0.39 is 76.5 Å². The zero-order valence-corrected chi connectivity index (χ0v) is 29.0. The molecule has 2 aliphatic carbocycles. The molecular formula is C41H32ClF3N2O6. The van der Waals surface area contributed by atoms with Gasteiger partial charge in [-0.05, 0) is 84.8 Å². The second kappa shape index (κ2) is 12.6. The molecule has 8 nitrogen and oxygen atoms in total. The van der Waals surface area contributed by atoms with Crippen molar-refractivity contribution in [1.82, 2.24) is 0 Å². The van der Waals surface area contributed by atoms with Crippen molar-refractivity contribution in [3.05, 3.63) is 130 Å². The first-order valence-electron chi connectivity index (χ1n) is 17.3. The molecule has 53 heavy (non-hydrogen) atoms. The maximum absolute atomic E-state index is 15.3. The molecule has 0 bridgehead atoms. The van der Waals surface area contributed by atoms with Crippen molar-refractivity contribution >= 4 is 46.6 Å². The van der Waals surface area contributed by atoms with Crippen LogP contribution in [0.4, 0.5) is 24.5 Å². The molecule has 2 heterocycles. The maximum Gasteiger partial charge on any atom is 0.573 e. The van der Waals surface area contributed by atoms with Crippen LogP contribution >= 0.6 is 11.6 Å². The van der Waals surface area contributed by atoms with Gasteiger partial charge in [0.2, 0.25) is 23.6 Å². The smallest absolute Gasteiger partial charge is 0.508 e.